The molecule has 0 saturated heterocycles. The first-order chi connectivity index (χ1) is 8.69. The fraction of sp³-hybridized carbons (Fsp3) is 0.214. The van der Waals surface area contributed by atoms with Crippen molar-refractivity contribution in [2.24, 2.45) is 0 Å². The molecule has 1 aromatic carbocycles. The Morgan fingerprint density at radius 2 is 1.89 bits per heavy atom. The number of benzene rings is 1. The van der Waals surface area contributed by atoms with Crippen molar-refractivity contribution >= 4 is 27.7 Å². The van der Waals surface area contributed by atoms with Gasteiger partial charge < -0.3 is 5.32 Å². The van der Waals surface area contributed by atoms with Crippen LogP contribution in [0.5, 0.6) is 0 Å². The minimum atomic E-state index is 0.337. The summed E-state index contributed by atoms with van der Waals surface area (Å²) in [7, 11) is 1.95. The molecule has 0 radical (unpaired) electrons. The largest absolute Gasteiger partial charge is 0.313 e. The van der Waals surface area contributed by atoms with Gasteiger partial charge in [-0.15, -0.1) is 0 Å². The van der Waals surface area contributed by atoms with E-state index in [2.05, 4.69) is 57.4 Å². The van der Waals surface area contributed by atoms with Crippen molar-refractivity contribution in [3.05, 3.63) is 52.6 Å². The van der Waals surface area contributed by atoms with Gasteiger partial charge in [0.2, 0.25) is 0 Å². The van der Waals surface area contributed by atoms with Crippen molar-refractivity contribution in [2.45, 2.75) is 22.9 Å². The lowest BCUT2D eigenvalue weighted by atomic mass is 10.1. The molecule has 2 rings (SSSR count). The van der Waals surface area contributed by atoms with E-state index in [1.807, 2.05) is 25.4 Å². The van der Waals surface area contributed by atoms with Gasteiger partial charge in [0.05, 0.1) is 0 Å². The van der Waals surface area contributed by atoms with E-state index >= 15 is 0 Å². The van der Waals surface area contributed by atoms with Gasteiger partial charge in [-0.3, -0.25) is 0 Å². The standard InChI is InChI=1S/C14H15BrN2S/c1-10(16-2)11-3-8-14(17-9-11)18-13-6-4-12(15)5-7-13/h3-10,16H,1-2H3. The van der Waals surface area contributed by atoms with Gasteiger partial charge in [0.25, 0.3) is 0 Å². The molecule has 1 heterocycles. The maximum absolute atomic E-state index is 4.48. The van der Waals surface area contributed by atoms with Crippen LogP contribution in [0.25, 0.3) is 0 Å². The lowest BCUT2D eigenvalue weighted by molar-refractivity contribution is 0.648. The molecule has 0 bridgehead atoms. The van der Waals surface area contributed by atoms with Crippen molar-refractivity contribution in [3.8, 4) is 0 Å². The molecule has 0 amide bonds. The monoisotopic (exact) mass is 322 g/mol. The summed E-state index contributed by atoms with van der Waals surface area (Å²) >= 11 is 5.10. The van der Waals surface area contributed by atoms with Crippen molar-refractivity contribution in [2.75, 3.05) is 7.05 Å². The summed E-state index contributed by atoms with van der Waals surface area (Å²) in [6.07, 6.45) is 1.93. The first-order valence-electron chi connectivity index (χ1n) is 5.75. The van der Waals surface area contributed by atoms with Gasteiger partial charge in [-0.25, -0.2) is 4.98 Å². The highest BCUT2D eigenvalue weighted by molar-refractivity contribution is 9.10. The molecule has 1 unspecified atom stereocenters. The number of aromatic nitrogens is 1. The average molecular weight is 323 g/mol. The summed E-state index contributed by atoms with van der Waals surface area (Å²) in [5.74, 6) is 0. The second kappa shape index (κ2) is 6.36. The highest BCUT2D eigenvalue weighted by Gasteiger charge is 2.04. The Labute approximate surface area is 120 Å². The Kier molecular flexibility index (Phi) is 4.80. The van der Waals surface area contributed by atoms with Crippen LogP contribution in [-0.2, 0) is 0 Å². The number of halogens is 1. The van der Waals surface area contributed by atoms with Crippen LogP contribution in [0.1, 0.15) is 18.5 Å². The molecule has 1 atom stereocenters. The highest BCUT2D eigenvalue weighted by atomic mass is 79.9. The predicted molar refractivity (Wildman–Crippen MR) is 80.0 cm³/mol. The van der Waals surface area contributed by atoms with Crippen LogP contribution in [0, 0.1) is 0 Å². The molecular weight excluding hydrogens is 308 g/mol. The highest BCUT2D eigenvalue weighted by Crippen LogP contribution is 2.27. The average Bonchev–Trinajstić information content (AvgIpc) is 2.41. The van der Waals surface area contributed by atoms with Crippen LogP contribution >= 0.6 is 27.7 Å². The number of pyridine rings is 1. The zero-order valence-corrected chi connectivity index (χ0v) is 12.8. The van der Waals surface area contributed by atoms with E-state index in [4.69, 9.17) is 0 Å². The van der Waals surface area contributed by atoms with Crippen molar-refractivity contribution < 1.29 is 0 Å². The molecule has 1 aromatic heterocycles. The lowest BCUT2D eigenvalue weighted by Gasteiger charge is -2.10. The molecule has 0 spiro atoms. The number of nitrogens with one attached hydrogen (secondary N) is 1. The summed E-state index contributed by atoms with van der Waals surface area (Å²) < 4.78 is 1.10. The van der Waals surface area contributed by atoms with Gasteiger partial charge in [-0.2, -0.15) is 0 Å². The lowest BCUT2D eigenvalue weighted by Crippen LogP contribution is -2.12. The van der Waals surface area contributed by atoms with Crippen molar-refractivity contribution in [1.82, 2.24) is 10.3 Å². The van der Waals surface area contributed by atoms with Crippen LogP contribution in [-0.4, -0.2) is 12.0 Å². The summed E-state index contributed by atoms with van der Waals surface area (Å²) in [5.41, 5.74) is 1.21. The van der Waals surface area contributed by atoms with E-state index < -0.39 is 0 Å². The van der Waals surface area contributed by atoms with Gasteiger partial charge in [-0.1, -0.05) is 33.8 Å². The third-order valence-corrected chi connectivity index (χ3v) is 4.22. The minimum Gasteiger partial charge on any atom is -0.313 e. The molecule has 94 valence electrons. The Balaban J connectivity index is 2.08. The smallest absolute Gasteiger partial charge is 0.101 e. The number of hydrogen-bond acceptors (Lipinski definition) is 3. The summed E-state index contributed by atoms with van der Waals surface area (Å²) in [6.45, 7) is 2.12. The maximum Gasteiger partial charge on any atom is 0.101 e. The van der Waals surface area contributed by atoms with Gasteiger partial charge in [-0.05, 0) is 49.9 Å². The van der Waals surface area contributed by atoms with Crippen molar-refractivity contribution in [1.29, 1.82) is 0 Å². The summed E-state index contributed by atoms with van der Waals surface area (Å²) in [4.78, 5) is 5.67. The first kappa shape index (κ1) is 13.6. The second-order valence-corrected chi connectivity index (χ2v) is 6.01. The third-order valence-electron chi connectivity index (χ3n) is 2.73. The number of nitrogens with zero attached hydrogens (tertiary/aromatic N) is 1. The molecule has 0 aliphatic rings. The first-order valence-corrected chi connectivity index (χ1v) is 7.36. The Bertz CT molecular complexity index is 496. The number of hydrogen-bond donors (Lipinski definition) is 1. The zero-order valence-electron chi connectivity index (χ0n) is 10.4. The molecule has 2 aromatic rings. The second-order valence-electron chi connectivity index (χ2n) is 4.00. The minimum absolute atomic E-state index is 0.337. The van der Waals surface area contributed by atoms with Crippen LogP contribution in [0.2, 0.25) is 0 Å². The quantitative estimate of drug-likeness (QED) is 0.909. The molecule has 18 heavy (non-hydrogen) atoms. The fourth-order valence-electron chi connectivity index (χ4n) is 1.50. The van der Waals surface area contributed by atoms with Crippen LogP contribution in [0.3, 0.4) is 0 Å². The SMILES string of the molecule is CNC(C)c1ccc(Sc2ccc(Br)cc2)nc1. The van der Waals surface area contributed by atoms with E-state index in [9.17, 15) is 0 Å². The fourth-order valence-corrected chi connectivity index (χ4v) is 2.52. The van der Waals surface area contributed by atoms with E-state index in [1.165, 1.54) is 10.5 Å². The van der Waals surface area contributed by atoms with Gasteiger partial charge >= 0.3 is 0 Å². The third kappa shape index (κ3) is 3.57. The van der Waals surface area contributed by atoms with Crippen LogP contribution in [0.15, 0.2) is 57.0 Å². The summed E-state index contributed by atoms with van der Waals surface area (Å²) in [6, 6.07) is 12.8. The number of rotatable bonds is 4. The summed E-state index contributed by atoms with van der Waals surface area (Å²) in [5, 5.41) is 4.22. The van der Waals surface area contributed by atoms with E-state index in [0.29, 0.717) is 6.04 Å². The van der Waals surface area contributed by atoms with Crippen LogP contribution < -0.4 is 5.32 Å². The maximum atomic E-state index is 4.48. The Morgan fingerprint density at radius 1 is 1.17 bits per heavy atom. The van der Waals surface area contributed by atoms with E-state index in [1.54, 1.807) is 11.8 Å². The molecule has 1 N–H and O–H groups in total. The van der Waals surface area contributed by atoms with Gasteiger partial charge in [0.15, 0.2) is 0 Å². The van der Waals surface area contributed by atoms with Gasteiger partial charge in [0, 0.05) is 21.6 Å². The predicted octanol–water partition coefficient (Wildman–Crippen LogP) is 4.28. The molecule has 4 heteroatoms. The molecule has 2 nitrogen and oxygen atoms in total. The Morgan fingerprint density at radius 3 is 2.44 bits per heavy atom. The van der Waals surface area contributed by atoms with E-state index in [-0.39, 0.29) is 0 Å². The molecular formula is C14H15BrN2S. The van der Waals surface area contributed by atoms with E-state index in [0.717, 1.165) is 9.50 Å². The van der Waals surface area contributed by atoms with Crippen molar-refractivity contribution in [3.63, 3.8) is 0 Å². The molecule has 0 fully saturated rings. The molecule has 0 aliphatic carbocycles. The van der Waals surface area contributed by atoms with Gasteiger partial charge in [0.1, 0.15) is 5.03 Å². The molecule has 0 aliphatic heterocycles. The zero-order chi connectivity index (χ0) is 13.0. The Hall–Kier alpha value is -0.840. The topological polar surface area (TPSA) is 24.9 Å². The van der Waals surface area contributed by atoms with Crippen LogP contribution in [0.4, 0.5) is 0 Å². The normalized spacial score (nSPS) is 12.4. The molecule has 0 saturated carbocycles.